The molecule has 2 nitrogen and oxygen atoms in total. The van der Waals surface area contributed by atoms with Crippen LogP contribution in [0, 0.1) is 11.3 Å². The van der Waals surface area contributed by atoms with E-state index in [2.05, 4.69) is 34.8 Å². The molecule has 0 saturated carbocycles. The van der Waals surface area contributed by atoms with Gasteiger partial charge in [0.05, 0.1) is 4.47 Å². The number of aromatic nitrogens is 1. The van der Waals surface area contributed by atoms with Crippen molar-refractivity contribution in [3.63, 3.8) is 0 Å². The summed E-state index contributed by atoms with van der Waals surface area (Å²) in [5.74, 6) is 0.446. The number of nitrogens with zero attached hydrogens (tertiary/aromatic N) is 2. The number of hydrogen-bond acceptors (Lipinski definition) is 2. The Bertz CT molecular complexity index is 326. The molecule has 1 heterocycles. The second kappa shape index (κ2) is 3.68. The van der Waals surface area contributed by atoms with Gasteiger partial charge in [-0.3, -0.25) is 0 Å². The zero-order valence-corrected chi connectivity index (χ0v) is 8.59. The zero-order valence-electron chi connectivity index (χ0n) is 7.00. The predicted molar refractivity (Wildman–Crippen MR) is 50.7 cm³/mol. The van der Waals surface area contributed by atoms with E-state index >= 15 is 0 Å². The van der Waals surface area contributed by atoms with Crippen LogP contribution in [0.15, 0.2) is 16.7 Å². The molecule has 1 aromatic heterocycles. The van der Waals surface area contributed by atoms with Crippen LogP contribution in [0.1, 0.15) is 31.0 Å². The average molecular weight is 225 g/mol. The highest BCUT2D eigenvalue weighted by molar-refractivity contribution is 9.10. The molecule has 0 spiro atoms. The van der Waals surface area contributed by atoms with E-state index in [0.717, 1.165) is 10.0 Å². The molecule has 1 rings (SSSR count). The minimum absolute atomic E-state index is 0.444. The van der Waals surface area contributed by atoms with E-state index in [1.165, 1.54) is 0 Å². The Labute approximate surface area is 80.4 Å². The lowest BCUT2D eigenvalue weighted by Gasteiger charge is -2.04. The van der Waals surface area contributed by atoms with Crippen molar-refractivity contribution in [2.45, 2.75) is 19.8 Å². The summed E-state index contributed by atoms with van der Waals surface area (Å²) in [5, 5.41) is 8.61. The summed E-state index contributed by atoms with van der Waals surface area (Å²) in [6.07, 6.45) is 1.74. The van der Waals surface area contributed by atoms with Crippen molar-refractivity contribution in [3.05, 3.63) is 28.0 Å². The zero-order chi connectivity index (χ0) is 9.14. The van der Waals surface area contributed by atoms with Crippen LogP contribution in [-0.4, -0.2) is 4.98 Å². The van der Waals surface area contributed by atoms with Crippen LogP contribution in [-0.2, 0) is 0 Å². The molecule has 0 amide bonds. The Balaban J connectivity index is 3.12. The normalized spacial score (nSPS) is 9.92. The Kier molecular flexibility index (Phi) is 2.83. The smallest absolute Gasteiger partial charge is 0.154 e. The van der Waals surface area contributed by atoms with Crippen molar-refractivity contribution >= 4 is 15.9 Å². The minimum Gasteiger partial charge on any atom is -0.244 e. The fourth-order valence-corrected chi connectivity index (χ4v) is 1.31. The minimum atomic E-state index is 0.444. The molecule has 0 atom stereocenters. The highest BCUT2D eigenvalue weighted by Crippen LogP contribution is 2.20. The molecular weight excluding hydrogens is 216 g/mol. The van der Waals surface area contributed by atoms with Gasteiger partial charge in [-0.05, 0) is 33.5 Å². The lowest BCUT2D eigenvalue weighted by Crippen LogP contribution is -1.91. The molecule has 1 aromatic rings. The molecule has 0 unspecified atom stereocenters. The van der Waals surface area contributed by atoms with Crippen LogP contribution in [0.2, 0.25) is 0 Å². The van der Waals surface area contributed by atoms with Gasteiger partial charge >= 0.3 is 0 Å². The molecule has 0 aliphatic heterocycles. The first-order valence-corrected chi connectivity index (χ1v) is 4.50. The lowest BCUT2D eigenvalue weighted by atomic mass is 10.1. The van der Waals surface area contributed by atoms with Gasteiger partial charge in [-0.1, -0.05) is 13.8 Å². The highest BCUT2D eigenvalue weighted by atomic mass is 79.9. The molecule has 0 radical (unpaired) electrons. The average Bonchev–Trinajstić information content (AvgIpc) is 2.04. The lowest BCUT2D eigenvalue weighted by molar-refractivity contribution is 0.855. The van der Waals surface area contributed by atoms with Crippen molar-refractivity contribution in [3.8, 4) is 6.07 Å². The van der Waals surface area contributed by atoms with Crippen molar-refractivity contribution in [2.75, 3.05) is 0 Å². The van der Waals surface area contributed by atoms with Crippen molar-refractivity contribution < 1.29 is 0 Å². The van der Waals surface area contributed by atoms with Crippen LogP contribution in [0.25, 0.3) is 0 Å². The van der Waals surface area contributed by atoms with Crippen molar-refractivity contribution in [1.82, 2.24) is 4.98 Å². The van der Waals surface area contributed by atoms with E-state index in [1.807, 2.05) is 12.1 Å². The van der Waals surface area contributed by atoms with Gasteiger partial charge in [0.2, 0.25) is 0 Å². The van der Waals surface area contributed by atoms with Gasteiger partial charge in [-0.15, -0.1) is 0 Å². The van der Waals surface area contributed by atoms with E-state index in [9.17, 15) is 0 Å². The first-order valence-electron chi connectivity index (χ1n) is 3.70. The third kappa shape index (κ3) is 1.83. The van der Waals surface area contributed by atoms with Gasteiger partial charge in [0, 0.05) is 6.20 Å². The number of rotatable bonds is 1. The third-order valence-electron chi connectivity index (χ3n) is 1.63. The van der Waals surface area contributed by atoms with Crippen LogP contribution >= 0.6 is 15.9 Å². The molecule has 0 saturated heterocycles. The second-order valence-electron chi connectivity index (χ2n) is 2.87. The Morgan fingerprint density at radius 1 is 1.58 bits per heavy atom. The molecule has 3 heteroatoms. The van der Waals surface area contributed by atoms with Gasteiger partial charge in [-0.2, -0.15) is 5.26 Å². The molecule has 62 valence electrons. The molecular formula is C9H9BrN2. The Hall–Kier alpha value is -0.880. The summed E-state index contributed by atoms with van der Waals surface area (Å²) in [6.45, 7) is 4.19. The van der Waals surface area contributed by atoms with Crippen LogP contribution in [0.3, 0.4) is 0 Å². The quantitative estimate of drug-likeness (QED) is 0.736. The third-order valence-corrected chi connectivity index (χ3v) is 2.24. The molecule has 0 aromatic carbocycles. The summed E-state index contributed by atoms with van der Waals surface area (Å²) < 4.78 is 0.774. The van der Waals surface area contributed by atoms with Crippen LogP contribution < -0.4 is 0 Å². The van der Waals surface area contributed by atoms with Gasteiger partial charge in [0.15, 0.2) is 5.69 Å². The predicted octanol–water partition coefficient (Wildman–Crippen LogP) is 2.84. The maximum Gasteiger partial charge on any atom is 0.154 e. The van der Waals surface area contributed by atoms with Crippen LogP contribution in [0.5, 0.6) is 0 Å². The fraction of sp³-hybridized carbons (Fsp3) is 0.333. The van der Waals surface area contributed by atoms with E-state index < -0.39 is 0 Å². The largest absolute Gasteiger partial charge is 0.244 e. The molecule has 0 N–H and O–H groups in total. The number of hydrogen-bond donors (Lipinski definition) is 0. The molecule has 0 fully saturated rings. The number of halogens is 1. The van der Waals surface area contributed by atoms with Gasteiger partial charge < -0.3 is 0 Å². The highest BCUT2D eigenvalue weighted by Gasteiger charge is 2.04. The standard InChI is InChI=1S/C9H9BrN2/c1-6(2)7-3-8(10)9(4-11)12-5-7/h3,5-6H,1-2H3. The summed E-state index contributed by atoms with van der Waals surface area (Å²) in [7, 11) is 0. The number of nitriles is 1. The van der Waals surface area contributed by atoms with E-state index in [0.29, 0.717) is 11.6 Å². The fourth-order valence-electron chi connectivity index (χ4n) is 0.851. The van der Waals surface area contributed by atoms with Gasteiger partial charge in [-0.25, -0.2) is 4.98 Å². The second-order valence-corrected chi connectivity index (χ2v) is 3.72. The first kappa shape index (κ1) is 9.21. The topological polar surface area (TPSA) is 36.7 Å². The molecule has 0 bridgehead atoms. The maximum absolute atomic E-state index is 8.61. The Morgan fingerprint density at radius 2 is 2.25 bits per heavy atom. The first-order chi connectivity index (χ1) is 5.65. The summed E-state index contributed by atoms with van der Waals surface area (Å²) in [6, 6.07) is 3.94. The van der Waals surface area contributed by atoms with Crippen LogP contribution in [0.4, 0.5) is 0 Å². The van der Waals surface area contributed by atoms with Gasteiger partial charge in [0.1, 0.15) is 6.07 Å². The number of pyridine rings is 1. The summed E-state index contributed by atoms with van der Waals surface area (Å²) in [4.78, 5) is 4.01. The SMILES string of the molecule is CC(C)c1cnc(C#N)c(Br)c1. The van der Waals surface area contributed by atoms with E-state index in [1.54, 1.807) is 6.20 Å². The van der Waals surface area contributed by atoms with Crippen molar-refractivity contribution in [2.24, 2.45) is 0 Å². The van der Waals surface area contributed by atoms with Gasteiger partial charge in [0.25, 0.3) is 0 Å². The van der Waals surface area contributed by atoms with Crippen molar-refractivity contribution in [1.29, 1.82) is 5.26 Å². The molecule has 12 heavy (non-hydrogen) atoms. The Morgan fingerprint density at radius 3 is 2.67 bits per heavy atom. The molecule has 0 aliphatic carbocycles. The summed E-state index contributed by atoms with van der Waals surface area (Å²) in [5.41, 5.74) is 1.58. The maximum atomic E-state index is 8.61. The summed E-state index contributed by atoms with van der Waals surface area (Å²) >= 11 is 3.29. The molecule has 0 aliphatic rings. The van der Waals surface area contributed by atoms with E-state index in [-0.39, 0.29) is 0 Å². The van der Waals surface area contributed by atoms with E-state index in [4.69, 9.17) is 5.26 Å². The monoisotopic (exact) mass is 224 g/mol.